The lowest BCUT2D eigenvalue weighted by Gasteiger charge is -2.47. The fourth-order valence-electron chi connectivity index (χ4n) is 3.60. The summed E-state index contributed by atoms with van der Waals surface area (Å²) in [6, 6.07) is -1.89. The summed E-state index contributed by atoms with van der Waals surface area (Å²) in [6.07, 6.45) is 1.17. The van der Waals surface area contributed by atoms with E-state index in [-0.39, 0.29) is 6.54 Å². The molecule has 31 heavy (non-hydrogen) atoms. The van der Waals surface area contributed by atoms with Crippen LogP contribution in [-0.4, -0.2) is 74.0 Å². The lowest BCUT2D eigenvalue weighted by molar-refractivity contribution is -0.158. The minimum Gasteiger partial charge on any atom is -0.476 e. The van der Waals surface area contributed by atoms with Crippen LogP contribution in [0.15, 0.2) is 17.8 Å². The molecule has 3 unspecified atom stereocenters. The number of nitrogens with one attached hydrogen (secondary N) is 1. The average molecular weight is 468 g/mol. The van der Waals surface area contributed by atoms with Gasteiger partial charge in [0.25, 0.3) is 0 Å². The second kappa shape index (κ2) is 7.47. The van der Waals surface area contributed by atoms with Crippen molar-refractivity contribution in [3.8, 4) is 0 Å². The fraction of sp³-hybridized carbons (Fsp3) is 0.571. The number of rotatable bonds is 7. The Bertz CT molecular complexity index is 1050. The zero-order chi connectivity index (χ0) is 23.3. The summed E-state index contributed by atoms with van der Waals surface area (Å²) in [6.45, 7) is 2.39. The number of hydrogen-bond acceptors (Lipinski definition) is 9. The molecule has 2 N–H and O–H groups in total. The summed E-state index contributed by atoms with van der Waals surface area (Å²) in [5.74, 6) is -6.46. The number of fused-ring (bicyclic) bond motifs is 1. The Balaban J connectivity index is 1.80. The van der Waals surface area contributed by atoms with Gasteiger partial charge in [0.15, 0.2) is 11.5 Å². The monoisotopic (exact) mass is 468 g/mol. The Morgan fingerprint density at radius 3 is 2.55 bits per heavy atom. The van der Waals surface area contributed by atoms with Crippen LogP contribution in [0.1, 0.15) is 13.8 Å². The lowest BCUT2D eigenvalue weighted by Crippen LogP contribution is -2.66. The maximum atomic E-state index is 12.7. The maximum absolute atomic E-state index is 12.7. The standard InChI is InChI=1S/C14H15F3N6O7S/c1-5-9-8(6(2)19-7(24)3-22-4-18-20-21-22)12(25)23(9)10(13(26)27)11(5)30-31(28,29)14(15,16)17/h4-6,8-9H,3H2,1-2H3,(H,19,24)(H,26,27)/t5?,6-,8?,9?/m1/s1. The van der Waals surface area contributed by atoms with E-state index in [0.29, 0.717) is 4.90 Å². The highest BCUT2D eigenvalue weighted by Gasteiger charge is 2.62. The molecular weight excluding hydrogens is 453 g/mol. The van der Waals surface area contributed by atoms with Gasteiger partial charge in [-0.25, -0.2) is 9.48 Å². The van der Waals surface area contributed by atoms with Crippen LogP contribution in [-0.2, 0) is 35.2 Å². The van der Waals surface area contributed by atoms with Crippen LogP contribution in [0.2, 0.25) is 0 Å². The largest absolute Gasteiger partial charge is 0.534 e. The summed E-state index contributed by atoms with van der Waals surface area (Å²) in [7, 11) is -6.15. The molecule has 2 aliphatic rings. The number of carboxylic acid groups (broad SMARTS) is 1. The molecule has 0 bridgehead atoms. The number of nitrogens with zero attached hydrogens (tertiary/aromatic N) is 5. The molecule has 0 saturated carbocycles. The van der Waals surface area contributed by atoms with Crippen LogP contribution < -0.4 is 5.32 Å². The van der Waals surface area contributed by atoms with Gasteiger partial charge in [-0.05, 0) is 17.4 Å². The highest BCUT2D eigenvalue weighted by Crippen LogP contribution is 2.48. The fourth-order valence-corrected chi connectivity index (χ4v) is 4.17. The number of carbonyl (C=O) groups excluding carboxylic acids is 2. The summed E-state index contributed by atoms with van der Waals surface area (Å²) in [5.41, 5.74) is -6.78. The van der Waals surface area contributed by atoms with E-state index in [1.165, 1.54) is 20.2 Å². The van der Waals surface area contributed by atoms with Gasteiger partial charge in [0, 0.05) is 12.0 Å². The van der Waals surface area contributed by atoms with Gasteiger partial charge in [-0.15, -0.1) is 5.10 Å². The zero-order valence-corrected chi connectivity index (χ0v) is 16.6. The number of tetrazole rings is 1. The molecule has 13 nitrogen and oxygen atoms in total. The van der Waals surface area contributed by atoms with E-state index < -0.39 is 68.8 Å². The van der Waals surface area contributed by atoms with E-state index in [2.05, 4.69) is 25.0 Å². The molecule has 0 aromatic carbocycles. The van der Waals surface area contributed by atoms with Gasteiger partial charge in [-0.3, -0.25) is 14.5 Å². The number of β-lactam (4-membered cyclic amide) rings is 1. The third-order valence-corrected chi connectivity index (χ3v) is 5.86. The molecule has 3 heterocycles. The van der Waals surface area contributed by atoms with Crippen molar-refractivity contribution in [2.45, 2.75) is 38.0 Å². The molecule has 1 aromatic heterocycles. The van der Waals surface area contributed by atoms with Gasteiger partial charge in [0.05, 0.1) is 12.0 Å². The number of hydrogen-bond donors (Lipinski definition) is 2. The third-order valence-electron chi connectivity index (χ3n) is 4.90. The Morgan fingerprint density at radius 1 is 1.39 bits per heavy atom. The van der Waals surface area contributed by atoms with Crippen molar-refractivity contribution in [2.75, 3.05) is 0 Å². The van der Waals surface area contributed by atoms with Crippen LogP contribution in [0.3, 0.4) is 0 Å². The minimum atomic E-state index is -6.15. The highest BCUT2D eigenvalue weighted by molar-refractivity contribution is 7.87. The molecule has 3 rings (SSSR count). The molecule has 0 aliphatic carbocycles. The van der Waals surface area contributed by atoms with Crippen molar-refractivity contribution in [1.29, 1.82) is 0 Å². The van der Waals surface area contributed by atoms with Crippen LogP contribution in [0.25, 0.3) is 0 Å². The van der Waals surface area contributed by atoms with Crippen molar-refractivity contribution < 1.29 is 45.3 Å². The van der Waals surface area contributed by atoms with Crippen LogP contribution >= 0.6 is 0 Å². The molecule has 4 atom stereocenters. The average Bonchev–Trinajstić information content (AvgIpc) is 3.20. The molecule has 170 valence electrons. The topological polar surface area (TPSA) is 174 Å². The van der Waals surface area contributed by atoms with Crippen LogP contribution in [0.4, 0.5) is 13.2 Å². The molecule has 1 aromatic rings. The predicted molar refractivity (Wildman–Crippen MR) is 89.4 cm³/mol. The Labute approximate surface area is 171 Å². The smallest absolute Gasteiger partial charge is 0.476 e. The summed E-state index contributed by atoms with van der Waals surface area (Å²) >= 11 is 0. The van der Waals surface area contributed by atoms with Gasteiger partial charge in [0.1, 0.15) is 12.9 Å². The van der Waals surface area contributed by atoms with E-state index in [1.54, 1.807) is 0 Å². The number of amides is 2. The quantitative estimate of drug-likeness (QED) is 0.282. The van der Waals surface area contributed by atoms with Crippen LogP contribution in [0.5, 0.6) is 0 Å². The third kappa shape index (κ3) is 3.79. The van der Waals surface area contributed by atoms with Crippen molar-refractivity contribution in [2.24, 2.45) is 11.8 Å². The second-order valence-corrected chi connectivity index (χ2v) is 8.42. The van der Waals surface area contributed by atoms with Crippen molar-refractivity contribution in [3.05, 3.63) is 17.8 Å². The molecule has 2 aliphatic heterocycles. The normalized spacial score (nSPS) is 24.5. The first kappa shape index (κ1) is 22.4. The van der Waals surface area contributed by atoms with E-state index in [4.69, 9.17) is 0 Å². The molecular formula is C14H15F3N6O7S. The zero-order valence-electron chi connectivity index (χ0n) is 15.8. The minimum absolute atomic E-state index is 0.279. The lowest BCUT2D eigenvalue weighted by atomic mass is 9.77. The van der Waals surface area contributed by atoms with Crippen molar-refractivity contribution in [1.82, 2.24) is 30.4 Å². The number of alkyl halides is 3. The second-order valence-electron chi connectivity index (χ2n) is 6.88. The van der Waals surface area contributed by atoms with E-state index in [9.17, 15) is 41.1 Å². The first-order chi connectivity index (χ1) is 14.3. The first-order valence-electron chi connectivity index (χ1n) is 8.57. The Morgan fingerprint density at radius 2 is 2.03 bits per heavy atom. The Kier molecular flexibility index (Phi) is 5.41. The molecule has 1 fully saturated rings. The van der Waals surface area contributed by atoms with E-state index >= 15 is 0 Å². The molecule has 2 amide bonds. The van der Waals surface area contributed by atoms with Gasteiger partial charge >= 0.3 is 21.6 Å². The highest BCUT2D eigenvalue weighted by atomic mass is 32.2. The number of carbonyl (C=O) groups is 3. The van der Waals surface area contributed by atoms with Gasteiger partial charge in [-0.2, -0.15) is 21.6 Å². The summed E-state index contributed by atoms with van der Waals surface area (Å²) in [5, 5.41) is 22.1. The van der Waals surface area contributed by atoms with Gasteiger partial charge in [-0.1, -0.05) is 6.92 Å². The number of carboxylic acids is 1. The first-order valence-corrected chi connectivity index (χ1v) is 9.98. The molecule has 0 spiro atoms. The van der Waals surface area contributed by atoms with Crippen molar-refractivity contribution in [3.63, 3.8) is 0 Å². The number of halogens is 3. The van der Waals surface area contributed by atoms with E-state index in [0.717, 1.165) is 4.68 Å². The maximum Gasteiger partial charge on any atom is 0.534 e. The number of aromatic nitrogens is 4. The molecule has 17 heteroatoms. The number of aliphatic carboxylic acids is 1. The summed E-state index contributed by atoms with van der Waals surface area (Å²) < 4.78 is 66.1. The van der Waals surface area contributed by atoms with E-state index in [1.807, 2.05) is 0 Å². The molecule has 1 saturated heterocycles. The molecule has 0 radical (unpaired) electrons. The van der Waals surface area contributed by atoms with Gasteiger partial charge in [0.2, 0.25) is 11.8 Å². The van der Waals surface area contributed by atoms with Crippen LogP contribution in [0, 0.1) is 11.8 Å². The van der Waals surface area contributed by atoms with Gasteiger partial charge < -0.3 is 14.6 Å². The van der Waals surface area contributed by atoms with Crippen molar-refractivity contribution >= 4 is 27.9 Å². The SMILES string of the molecule is CC1C(OS(=O)(=O)C(F)(F)F)=C(C(=O)O)N2C(=O)C([C@@H](C)NC(=O)Cn3cnnn3)C12. The summed E-state index contributed by atoms with van der Waals surface area (Å²) in [4.78, 5) is 36.9. The predicted octanol–water partition coefficient (Wildman–Crippen LogP) is -1.18. The Hall–Kier alpha value is -3.24.